The summed E-state index contributed by atoms with van der Waals surface area (Å²) in [4.78, 5) is 13.9. The highest BCUT2D eigenvalue weighted by Gasteiger charge is 2.24. The van der Waals surface area contributed by atoms with E-state index in [1.54, 1.807) is 0 Å². The van der Waals surface area contributed by atoms with Crippen molar-refractivity contribution in [3.8, 4) is 0 Å². The SMILES string of the molecule is COC(=O)CCn1nc(C)c(CN2CCCC(C)(C)CC2)c1C. The highest BCUT2D eigenvalue weighted by atomic mass is 16.5. The van der Waals surface area contributed by atoms with Crippen molar-refractivity contribution in [2.24, 2.45) is 5.41 Å². The molecule has 1 aromatic heterocycles. The van der Waals surface area contributed by atoms with Crippen LogP contribution in [0.1, 0.15) is 56.5 Å². The van der Waals surface area contributed by atoms with Gasteiger partial charge in [0.1, 0.15) is 0 Å². The molecule has 0 aromatic carbocycles. The first-order chi connectivity index (χ1) is 10.8. The minimum Gasteiger partial charge on any atom is -0.469 e. The van der Waals surface area contributed by atoms with Gasteiger partial charge in [-0.15, -0.1) is 0 Å². The predicted octanol–water partition coefficient (Wildman–Crippen LogP) is 3.08. The van der Waals surface area contributed by atoms with Crippen LogP contribution >= 0.6 is 0 Å². The average molecular weight is 321 g/mol. The molecule has 130 valence electrons. The summed E-state index contributed by atoms with van der Waals surface area (Å²) in [5.41, 5.74) is 4.03. The molecule has 5 nitrogen and oxygen atoms in total. The van der Waals surface area contributed by atoms with Crippen molar-refractivity contribution >= 4 is 5.97 Å². The van der Waals surface area contributed by atoms with Gasteiger partial charge in [-0.05, 0) is 51.6 Å². The van der Waals surface area contributed by atoms with Crippen LogP contribution in [0.15, 0.2) is 0 Å². The number of hydrogen-bond acceptors (Lipinski definition) is 4. The predicted molar refractivity (Wildman–Crippen MR) is 91.2 cm³/mol. The zero-order valence-corrected chi connectivity index (χ0v) is 15.3. The van der Waals surface area contributed by atoms with Gasteiger partial charge in [-0.1, -0.05) is 13.8 Å². The van der Waals surface area contributed by atoms with E-state index >= 15 is 0 Å². The van der Waals surface area contributed by atoms with Gasteiger partial charge in [0.05, 0.1) is 25.8 Å². The van der Waals surface area contributed by atoms with Crippen LogP contribution in [0.5, 0.6) is 0 Å². The number of carbonyl (C=O) groups is 1. The van der Waals surface area contributed by atoms with Gasteiger partial charge in [0.25, 0.3) is 0 Å². The highest BCUT2D eigenvalue weighted by Crippen LogP contribution is 2.30. The van der Waals surface area contributed by atoms with E-state index in [1.165, 1.54) is 37.6 Å². The second kappa shape index (κ2) is 7.47. The highest BCUT2D eigenvalue weighted by molar-refractivity contribution is 5.68. The van der Waals surface area contributed by atoms with Gasteiger partial charge in [0.2, 0.25) is 0 Å². The number of likely N-dealkylation sites (tertiary alicyclic amines) is 1. The number of esters is 1. The fraction of sp³-hybridized carbons (Fsp3) is 0.778. The third-order valence-electron chi connectivity index (χ3n) is 5.10. The zero-order valence-electron chi connectivity index (χ0n) is 15.3. The van der Waals surface area contributed by atoms with E-state index in [2.05, 4.69) is 37.7 Å². The Hall–Kier alpha value is -1.36. The molecule has 0 spiro atoms. The van der Waals surface area contributed by atoms with Gasteiger partial charge < -0.3 is 4.74 Å². The van der Waals surface area contributed by atoms with E-state index in [9.17, 15) is 4.79 Å². The van der Waals surface area contributed by atoms with Crippen molar-refractivity contribution in [2.45, 2.75) is 66.5 Å². The maximum absolute atomic E-state index is 11.3. The Morgan fingerprint density at radius 1 is 1.26 bits per heavy atom. The standard InChI is InChI=1S/C18H31N3O2/c1-14-16(13-20-10-6-8-18(3,4)9-12-20)15(2)21(19-14)11-7-17(22)23-5/h6-13H2,1-5H3. The number of nitrogens with zero attached hydrogens (tertiary/aromatic N) is 3. The van der Waals surface area contributed by atoms with Crippen LogP contribution in [0.4, 0.5) is 0 Å². The second-order valence-corrected chi connectivity index (χ2v) is 7.49. The number of ether oxygens (including phenoxy) is 1. The Bertz CT molecular complexity index is 549. The summed E-state index contributed by atoms with van der Waals surface area (Å²) in [6.45, 7) is 12.8. The van der Waals surface area contributed by atoms with E-state index < -0.39 is 0 Å². The van der Waals surface area contributed by atoms with Crippen LogP contribution in [0.2, 0.25) is 0 Å². The number of rotatable bonds is 5. The molecule has 2 heterocycles. The first kappa shape index (κ1) is 18.0. The fourth-order valence-corrected chi connectivity index (χ4v) is 3.34. The minimum absolute atomic E-state index is 0.186. The largest absolute Gasteiger partial charge is 0.469 e. The number of hydrogen-bond donors (Lipinski definition) is 0. The van der Waals surface area contributed by atoms with Gasteiger partial charge in [0, 0.05) is 17.8 Å². The number of aromatic nitrogens is 2. The van der Waals surface area contributed by atoms with Crippen LogP contribution < -0.4 is 0 Å². The Morgan fingerprint density at radius 2 is 2.00 bits per heavy atom. The molecule has 1 aliphatic rings. The van der Waals surface area contributed by atoms with Crippen molar-refractivity contribution in [2.75, 3.05) is 20.2 Å². The maximum Gasteiger partial charge on any atom is 0.307 e. The first-order valence-corrected chi connectivity index (χ1v) is 8.64. The van der Waals surface area contributed by atoms with E-state index in [0.717, 1.165) is 25.3 Å². The molecule has 2 rings (SSSR count). The Kier molecular flexibility index (Phi) is 5.84. The monoisotopic (exact) mass is 321 g/mol. The van der Waals surface area contributed by atoms with Crippen molar-refractivity contribution < 1.29 is 9.53 Å². The van der Waals surface area contributed by atoms with Gasteiger partial charge in [-0.2, -0.15) is 5.10 Å². The molecule has 1 saturated heterocycles. The summed E-state index contributed by atoms with van der Waals surface area (Å²) >= 11 is 0. The number of methoxy groups -OCH3 is 1. The smallest absolute Gasteiger partial charge is 0.307 e. The van der Waals surface area contributed by atoms with Crippen LogP contribution in [0.3, 0.4) is 0 Å². The third kappa shape index (κ3) is 4.80. The molecule has 0 aliphatic carbocycles. The minimum atomic E-state index is -0.186. The average Bonchev–Trinajstić information content (AvgIpc) is 2.66. The van der Waals surface area contributed by atoms with E-state index in [1.807, 2.05) is 4.68 Å². The molecule has 0 bridgehead atoms. The fourth-order valence-electron chi connectivity index (χ4n) is 3.34. The quantitative estimate of drug-likeness (QED) is 0.782. The lowest BCUT2D eigenvalue weighted by molar-refractivity contribution is -0.140. The Morgan fingerprint density at radius 3 is 2.70 bits per heavy atom. The molecule has 0 radical (unpaired) electrons. The Balaban J connectivity index is 2.02. The molecule has 1 aliphatic heterocycles. The van der Waals surface area contributed by atoms with Crippen LogP contribution in [-0.2, 0) is 22.6 Å². The van der Waals surface area contributed by atoms with Gasteiger partial charge in [-0.3, -0.25) is 14.4 Å². The first-order valence-electron chi connectivity index (χ1n) is 8.64. The van der Waals surface area contributed by atoms with Gasteiger partial charge >= 0.3 is 5.97 Å². The molecular weight excluding hydrogens is 290 g/mol. The van der Waals surface area contributed by atoms with Crippen LogP contribution in [0, 0.1) is 19.3 Å². The molecular formula is C18H31N3O2. The molecule has 0 unspecified atom stereocenters. The van der Waals surface area contributed by atoms with Gasteiger partial charge in [0.15, 0.2) is 0 Å². The van der Waals surface area contributed by atoms with E-state index in [4.69, 9.17) is 4.74 Å². The second-order valence-electron chi connectivity index (χ2n) is 7.49. The molecule has 0 N–H and O–H groups in total. The molecule has 0 atom stereocenters. The summed E-state index contributed by atoms with van der Waals surface area (Å²) in [7, 11) is 1.43. The topological polar surface area (TPSA) is 47.4 Å². The summed E-state index contributed by atoms with van der Waals surface area (Å²) < 4.78 is 6.66. The molecule has 1 fully saturated rings. The lowest BCUT2D eigenvalue weighted by Crippen LogP contribution is -2.25. The van der Waals surface area contributed by atoms with E-state index in [0.29, 0.717) is 18.4 Å². The summed E-state index contributed by atoms with van der Waals surface area (Å²) in [5.74, 6) is -0.186. The Labute approximate surface area is 140 Å². The van der Waals surface area contributed by atoms with Gasteiger partial charge in [-0.25, -0.2) is 0 Å². The van der Waals surface area contributed by atoms with E-state index in [-0.39, 0.29) is 5.97 Å². The molecule has 23 heavy (non-hydrogen) atoms. The summed E-state index contributed by atoms with van der Waals surface area (Å²) in [6, 6.07) is 0. The van der Waals surface area contributed by atoms with Crippen molar-refractivity contribution in [1.82, 2.24) is 14.7 Å². The lowest BCUT2D eigenvalue weighted by Gasteiger charge is -2.23. The van der Waals surface area contributed by atoms with Crippen LogP contribution in [-0.4, -0.2) is 40.8 Å². The molecule has 0 amide bonds. The number of carbonyl (C=O) groups excluding carboxylic acids is 1. The van der Waals surface area contributed by atoms with Crippen molar-refractivity contribution in [1.29, 1.82) is 0 Å². The normalized spacial score (nSPS) is 18.7. The van der Waals surface area contributed by atoms with Crippen LogP contribution in [0.25, 0.3) is 0 Å². The van der Waals surface area contributed by atoms with Crippen molar-refractivity contribution in [3.05, 3.63) is 17.0 Å². The maximum atomic E-state index is 11.3. The number of aryl methyl sites for hydroxylation is 2. The lowest BCUT2D eigenvalue weighted by atomic mass is 9.85. The molecule has 5 heteroatoms. The zero-order chi connectivity index (χ0) is 17.0. The summed E-state index contributed by atoms with van der Waals surface area (Å²) in [6.07, 6.45) is 4.19. The molecule has 1 aromatic rings. The molecule has 0 saturated carbocycles. The summed E-state index contributed by atoms with van der Waals surface area (Å²) in [5, 5.41) is 4.62. The third-order valence-corrected chi connectivity index (χ3v) is 5.10. The van der Waals surface area contributed by atoms with Crippen molar-refractivity contribution in [3.63, 3.8) is 0 Å².